The van der Waals surface area contributed by atoms with E-state index in [4.69, 9.17) is 4.98 Å². The first-order valence-corrected chi connectivity index (χ1v) is 22.7. The lowest BCUT2D eigenvalue weighted by Gasteiger charge is -2.33. The second-order valence-electron chi connectivity index (χ2n) is 16.8. The molecule has 1 aliphatic heterocycles. The highest BCUT2D eigenvalue weighted by Gasteiger charge is 2.27. The van der Waals surface area contributed by atoms with E-state index < -0.39 is 0 Å². The molecule has 2 unspecified atom stereocenters. The Hall–Kier alpha value is -8.37. The van der Waals surface area contributed by atoms with Gasteiger partial charge in [0.1, 0.15) is 6.17 Å². The van der Waals surface area contributed by atoms with Crippen molar-refractivity contribution in [3.8, 4) is 78.1 Å². The van der Waals surface area contributed by atoms with Crippen molar-refractivity contribution in [3.05, 3.63) is 278 Å². The van der Waals surface area contributed by atoms with Crippen molar-refractivity contribution in [2.45, 2.75) is 12.2 Å². The zero-order chi connectivity index (χ0) is 44.1. The van der Waals surface area contributed by atoms with Gasteiger partial charge in [0, 0.05) is 33.5 Å². The monoisotopic (exact) mass is 845 g/mol. The third kappa shape index (κ3) is 8.28. The van der Waals surface area contributed by atoms with Crippen LogP contribution in [0.2, 0.25) is 0 Å². The number of pyridine rings is 1. The summed E-state index contributed by atoms with van der Waals surface area (Å²) in [5, 5.41) is 7.76. The molecule has 66 heavy (non-hydrogen) atoms. The standard InChI is InChI=1S/C63H47N3/c1-7-20-44(21-8-1)45-36-40-53(41-37-45)63-64-56(47-22-9-2-10-23-47)43-57(65-63)55-33-19-32-54(42-55)46-34-38-50(39-35-46)58-59(48-24-11-3-12-25-48)61(51-28-15-5-16-29-51)66-62(52-30-17-6-18-31-52)60(58)49-26-13-4-14-27-49/h1-43,56,63-65H. The van der Waals surface area contributed by atoms with E-state index in [0.29, 0.717) is 0 Å². The predicted molar refractivity (Wildman–Crippen MR) is 275 cm³/mol. The number of nitrogens with zero attached hydrogens (tertiary/aromatic N) is 1. The molecule has 9 aromatic carbocycles. The van der Waals surface area contributed by atoms with Gasteiger partial charge in [-0.1, -0.05) is 249 Å². The predicted octanol–water partition coefficient (Wildman–Crippen LogP) is 15.7. The maximum atomic E-state index is 5.62. The molecule has 0 amide bonds. The molecule has 3 nitrogen and oxygen atoms in total. The molecule has 1 aromatic heterocycles. The van der Waals surface area contributed by atoms with Gasteiger partial charge in [0.25, 0.3) is 0 Å². The van der Waals surface area contributed by atoms with Gasteiger partial charge in [-0.3, -0.25) is 5.32 Å². The molecule has 0 spiro atoms. The molecular weight excluding hydrogens is 799 g/mol. The molecule has 0 bridgehead atoms. The van der Waals surface area contributed by atoms with Gasteiger partial charge < -0.3 is 5.32 Å². The molecule has 3 heteroatoms. The zero-order valence-corrected chi connectivity index (χ0v) is 36.4. The van der Waals surface area contributed by atoms with Crippen LogP contribution in [0, 0.1) is 0 Å². The van der Waals surface area contributed by atoms with Crippen LogP contribution in [0.1, 0.15) is 28.9 Å². The Morgan fingerprint density at radius 1 is 0.288 bits per heavy atom. The molecular formula is C63H47N3. The molecule has 0 saturated carbocycles. The molecule has 314 valence electrons. The van der Waals surface area contributed by atoms with Crippen LogP contribution in [0.25, 0.3) is 83.8 Å². The summed E-state index contributed by atoms with van der Waals surface area (Å²) in [4.78, 5) is 5.62. The van der Waals surface area contributed by atoms with Gasteiger partial charge in [0.2, 0.25) is 0 Å². The molecule has 0 aliphatic carbocycles. The minimum absolute atomic E-state index is 0.0173. The van der Waals surface area contributed by atoms with Crippen molar-refractivity contribution in [1.29, 1.82) is 0 Å². The molecule has 0 radical (unpaired) electrons. The van der Waals surface area contributed by atoms with Gasteiger partial charge >= 0.3 is 0 Å². The van der Waals surface area contributed by atoms with Crippen molar-refractivity contribution in [1.82, 2.24) is 15.6 Å². The summed E-state index contributed by atoms with van der Waals surface area (Å²) in [6, 6.07) is 90.9. The minimum atomic E-state index is -0.0949. The second kappa shape index (κ2) is 18.4. The number of nitrogens with one attached hydrogen (secondary N) is 2. The first kappa shape index (κ1) is 40.4. The maximum absolute atomic E-state index is 5.62. The highest BCUT2D eigenvalue weighted by molar-refractivity contribution is 6.05. The van der Waals surface area contributed by atoms with E-state index in [2.05, 4.69) is 271 Å². The fourth-order valence-electron chi connectivity index (χ4n) is 9.30. The number of hydrogen-bond donors (Lipinski definition) is 2. The van der Waals surface area contributed by atoms with E-state index in [9.17, 15) is 0 Å². The zero-order valence-electron chi connectivity index (χ0n) is 36.4. The third-order valence-corrected chi connectivity index (χ3v) is 12.6. The van der Waals surface area contributed by atoms with Gasteiger partial charge in [0.15, 0.2) is 0 Å². The van der Waals surface area contributed by atoms with E-state index in [1.165, 1.54) is 22.3 Å². The second-order valence-corrected chi connectivity index (χ2v) is 16.8. The average molecular weight is 846 g/mol. The highest BCUT2D eigenvalue weighted by atomic mass is 15.2. The highest BCUT2D eigenvalue weighted by Crippen LogP contribution is 2.49. The first-order chi connectivity index (χ1) is 32.7. The summed E-state index contributed by atoms with van der Waals surface area (Å²) in [7, 11) is 0. The molecule has 2 N–H and O–H groups in total. The van der Waals surface area contributed by atoms with Gasteiger partial charge in [-0.05, 0) is 67.8 Å². The summed E-state index contributed by atoms with van der Waals surface area (Å²) in [6.07, 6.45) is 2.23. The number of rotatable bonds is 10. The quantitative estimate of drug-likeness (QED) is 0.144. The van der Waals surface area contributed by atoms with Gasteiger partial charge in [0.05, 0.1) is 17.4 Å². The normalized spacial score (nSPS) is 14.5. The van der Waals surface area contributed by atoms with Crippen LogP contribution >= 0.6 is 0 Å². The Kier molecular flexibility index (Phi) is 11.3. The summed E-state index contributed by atoms with van der Waals surface area (Å²) in [5.41, 5.74) is 20.1. The SMILES string of the molecule is C1=C(c2cccc(-c3ccc(-c4c(-c5ccccc5)c(-c5ccccc5)nc(-c5ccccc5)c4-c4ccccc4)cc3)c2)NC(c2ccc(-c3ccccc3)cc2)NC1c1ccccc1. The molecule has 0 fully saturated rings. The molecule has 0 saturated heterocycles. The van der Waals surface area contributed by atoms with Crippen LogP contribution in [0.5, 0.6) is 0 Å². The van der Waals surface area contributed by atoms with Crippen molar-refractivity contribution in [2.75, 3.05) is 0 Å². The van der Waals surface area contributed by atoms with Crippen molar-refractivity contribution < 1.29 is 0 Å². The van der Waals surface area contributed by atoms with E-state index in [-0.39, 0.29) is 12.2 Å². The Morgan fingerprint density at radius 2 is 0.667 bits per heavy atom. The van der Waals surface area contributed by atoms with Crippen LogP contribution < -0.4 is 10.6 Å². The molecule has 10 aromatic rings. The summed E-state index contributed by atoms with van der Waals surface area (Å²) < 4.78 is 0. The van der Waals surface area contributed by atoms with Crippen LogP contribution in [-0.2, 0) is 0 Å². The fraction of sp³-hybridized carbons (Fsp3) is 0.0317. The van der Waals surface area contributed by atoms with Crippen molar-refractivity contribution in [2.24, 2.45) is 0 Å². The van der Waals surface area contributed by atoms with Crippen LogP contribution in [-0.4, -0.2) is 4.98 Å². The van der Waals surface area contributed by atoms with Crippen molar-refractivity contribution in [3.63, 3.8) is 0 Å². The lowest BCUT2D eigenvalue weighted by atomic mass is 9.83. The molecule has 11 rings (SSSR count). The Bertz CT molecular complexity index is 3140. The minimum Gasteiger partial charge on any atom is -0.366 e. The molecule has 1 aliphatic rings. The summed E-state index contributed by atoms with van der Waals surface area (Å²) in [6.45, 7) is 0. The van der Waals surface area contributed by atoms with E-state index in [1.807, 2.05) is 0 Å². The fourth-order valence-corrected chi connectivity index (χ4v) is 9.30. The van der Waals surface area contributed by atoms with Gasteiger partial charge in [-0.15, -0.1) is 0 Å². The molecule has 2 heterocycles. The van der Waals surface area contributed by atoms with Crippen LogP contribution in [0.15, 0.2) is 261 Å². The number of aromatic nitrogens is 1. The van der Waals surface area contributed by atoms with E-state index >= 15 is 0 Å². The van der Waals surface area contributed by atoms with E-state index in [0.717, 1.165) is 78.3 Å². The lowest BCUT2D eigenvalue weighted by Crippen LogP contribution is -2.39. The third-order valence-electron chi connectivity index (χ3n) is 12.6. The smallest absolute Gasteiger partial charge is 0.104 e. The first-order valence-electron chi connectivity index (χ1n) is 22.7. The number of benzene rings is 9. The Labute approximate surface area is 387 Å². The topological polar surface area (TPSA) is 37.0 Å². The van der Waals surface area contributed by atoms with Crippen LogP contribution in [0.4, 0.5) is 0 Å². The largest absolute Gasteiger partial charge is 0.366 e. The van der Waals surface area contributed by atoms with Gasteiger partial charge in [-0.25, -0.2) is 4.98 Å². The van der Waals surface area contributed by atoms with Crippen molar-refractivity contribution >= 4 is 5.70 Å². The average Bonchev–Trinajstić information content (AvgIpc) is 3.42. The maximum Gasteiger partial charge on any atom is 0.104 e. The van der Waals surface area contributed by atoms with Crippen LogP contribution in [0.3, 0.4) is 0 Å². The summed E-state index contributed by atoms with van der Waals surface area (Å²) >= 11 is 0. The van der Waals surface area contributed by atoms with E-state index in [1.54, 1.807) is 0 Å². The Balaban J connectivity index is 1.01. The number of hydrogen-bond acceptors (Lipinski definition) is 3. The van der Waals surface area contributed by atoms with Gasteiger partial charge in [-0.2, -0.15) is 0 Å². The molecule has 2 atom stereocenters. The lowest BCUT2D eigenvalue weighted by molar-refractivity contribution is 0.443. The Morgan fingerprint density at radius 3 is 1.20 bits per heavy atom. The summed E-state index contributed by atoms with van der Waals surface area (Å²) in [5.74, 6) is 0.